The first kappa shape index (κ1) is 8.74. The van der Waals surface area contributed by atoms with Crippen LogP contribution in [0.5, 0.6) is 0 Å². The Balaban J connectivity index is 2.29. The van der Waals surface area contributed by atoms with E-state index in [1.807, 2.05) is 30.3 Å². The van der Waals surface area contributed by atoms with Crippen LogP contribution in [0, 0.1) is 0 Å². The number of carboxylic acids is 1. The van der Waals surface area contributed by atoms with Crippen molar-refractivity contribution in [1.82, 2.24) is 5.32 Å². The molecule has 0 saturated heterocycles. The van der Waals surface area contributed by atoms with E-state index in [1.165, 1.54) is 0 Å². The van der Waals surface area contributed by atoms with Gasteiger partial charge in [-0.1, -0.05) is 30.3 Å². The van der Waals surface area contributed by atoms with E-state index < -0.39 is 5.97 Å². The highest BCUT2D eigenvalue weighted by atomic mass is 16.4. The largest absolute Gasteiger partial charge is 0.549 e. The number of carbonyl (C=O) groups excluding carboxylic acids is 1. The molecule has 0 unspecified atom stereocenters. The van der Waals surface area contributed by atoms with Crippen molar-refractivity contribution in [2.75, 3.05) is 6.54 Å². The van der Waals surface area contributed by atoms with Gasteiger partial charge in [0.05, 0.1) is 5.97 Å². The summed E-state index contributed by atoms with van der Waals surface area (Å²) in [5.74, 6) is -1.08. The quantitative estimate of drug-likeness (QED) is 0.654. The van der Waals surface area contributed by atoms with Crippen LogP contribution in [-0.2, 0) is 11.3 Å². The normalized spacial score (nSPS) is 9.67. The van der Waals surface area contributed by atoms with E-state index in [0.717, 1.165) is 5.56 Å². The molecule has 3 heteroatoms. The Kier molecular flexibility index (Phi) is 3.29. The molecule has 0 atom stereocenters. The van der Waals surface area contributed by atoms with Crippen molar-refractivity contribution in [3.8, 4) is 0 Å². The lowest BCUT2D eigenvalue weighted by Crippen LogP contribution is -2.34. The van der Waals surface area contributed by atoms with Crippen LogP contribution in [0.4, 0.5) is 0 Å². The molecular formula is C9H10NO2-. The molecule has 1 N–H and O–H groups in total. The van der Waals surface area contributed by atoms with E-state index in [0.29, 0.717) is 6.54 Å². The Hall–Kier alpha value is -1.35. The number of carbonyl (C=O) groups is 1. The average Bonchev–Trinajstić information content (AvgIpc) is 2.05. The van der Waals surface area contributed by atoms with Gasteiger partial charge >= 0.3 is 0 Å². The number of carboxylic acid groups (broad SMARTS) is 1. The third-order valence-electron chi connectivity index (χ3n) is 1.44. The summed E-state index contributed by atoms with van der Waals surface area (Å²) in [4.78, 5) is 10.0. The summed E-state index contributed by atoms with van der Waals surface area (Å²) in [6, 6.07) is 9.61. The smallest absolute Gasteiger partial charge is 0.0552 e. The van der Waals surface area contributed by atoms with Gasteiger partial charge in [0.2, 0.25) is 0 Å². The maximum absolute atomic E-state index is 10.0. The molecule has 0 fully saturated rings. The lowest BCUT2D eigenvalue weighted by Gasteiger charge is -2.04. The van der Waals surface area contributed by atoms with E-state index in [-0.39, 0.29) is 6.54 Å². The predicted octanol–water partition coefficient (Wildman–Crippen LogP) is -0.474. The summed E-state index contributed by atoms with van der Waals surface area (Å²) >= 11 is 0. The molecule has 0 spiro atoms. The molecule has 12 heavy (non-hydrogen) atoms. The second kappa shape index (κ2) is 4.51. The van der Waals surface area contributed by atoms with Crippen molar-refractivity contribution in [2.24, 2.45) is 0 Å². The van der Waals surface area contributed by atoms with Gasteiger partial charge in [-0.05, 0) is 5.56 Å². The standard InChI is InChI=1S/C9H11NO2/c11-9(12)7-10-6-8-4-2-1-3-5-8/h1-5,10H,6-7H2,(H,11,12)/p-1. The zero-order chi connectivity index (χ0) is 8.81. The highest BCUT2D eigenvalue weighted by molar-refractivity contribution is 5.66. The van der Waals surface area contributed by atoms with Crippen LogP contribution < -0.4 is 10.4 Å². The molecule has 0 bridgehead atoms. The van der Waals surface area contributed by atoms with Crippen molar-refractivity contribution in [1.29, 1.82) is 0 Å². The molecule has 0 aliphatic rings. The third kappa shape index (κ3) is 3.16. The highest BCUT2D eigenvalue weighted by Crippen LogP contribution is 1.96. The Labute approximate surface area is 71.0 Å². The van der Waals surface area contributed by atoms with Gasteiger partial charge in [-0.15, -0.1) is 0 Å². The topological polar surface area (TPSA) is 52.2 Å². The van der Waals surface area contributed by atoms with Crippen molar-refractivity contribution >= 4 is 5.97 Å². The SMILES string of the molecule is O=C([O-])CNCc1ccccc1. The molecule has 1 aromatic rings. The van der Waals surface area contributed by atoms with E-state index in [2.05, 4.69) is 5.32 Å². The van der Waals surface area contributed by atoms with Crippen molar-refractivity contribution < 1.29 is 9.90 Å². The number of hydrogen-bond donors (Lipinski definition) is 1. The van der Waals surface area contributed by atoms with E-state index >= 15 is 0 Å². The first-order chi connectivity index (χ1) is 5.79. The summed E-state index contributed by atoms with van der Waals surface area (Å²) in [5.41, 5.74) is 1.07. The average molecular weight is 164 g/mol. The summed E-state index contributed by atoms with van der Waals surface area (Å²) in [5, 5.41) is 12.8. The fourth-order valence-electron chi connectivity index (χ4n) is 0.905. The number of hydrogen-bond acceptors (Lipinski definition) is 3. The predicted molar refractivity (Wildman–Crippen MR) is 43.2 cm³/mol. The van der Waals surface area contributed by atoms with Crippen LogP contribution in [-0.4, -0.2) is 12.5 Å². The molecule has 0 aromatic heterocycles. The van der Waals surface area contributed by atoms with E-state index in [1.54, 1.807) is 0 Å². The molecule has 0 heterocycles. The number of benzene rings is 1. The zero-order valence-corrected chi connectivity index (χ0v) is 6.62. The Morgan fingerprint density at radius 2 is 2.00 bits per heavy atom. The van der Waals surface area contributed by atoms with Gasteiger partial charge < -0.3 is 15.2 Å². The maximum Gasteiger partial charge on any atom is 0.0552 e. The molecule has 0 radical (unpaired) electrons. The molecular weight excluding hydrogens is 154 g/mol. The van der Waals surface area contributed by atoms with Crippen molar-refractivity contribution in [3.05, 3.63) is 35.9 Å². The molecule has 3 nitrogen and oxygen atoms in total. The van der Waals surface area contributed by atoms with Crippen LogP contribution in [0.2, 0.25) is 0 Å². The second-order valence-corrected chi connectivity index (χ2v) is 2.46. The lowest BCUT2D eigenvalue weighted by molar-refractivity contribution is -0.304. The first-order valence-corrected chi connectivity index (χ1v) is 3.73. The number of nitrogens with one attached hydrogen (secondary N) is 1. The van der Waals surface area contributed by atoms with Crippen LogP contribution >= 0.6 is 0 Å². The van der Waals surface area contributed by atoms with Crippen LogP contribution in [0.1, 0.15) is 5.56 Å². The Morgan fingerprint density at radius 1 is 1.33 bits per heavy atom. The van der Waals surface area contributed by atoms with Gasteiger partial charge in [0.1, 0.15) is 0 Å². The molecule has 1 rings (SSSR count). The van der Waals surface area contributed by atoms with Gasteiger partial charge in [0, 0.05) is 13.1 Å². The summed E-state index contributed by atoms with van der Waals surface area (Å²) in [6.07, 6.45) is 0. The second-order valence-electron chi connectivity index (χ2n) is 2.46. The summed E-state index contributed by atoms with van der Waals surface area (Å²) in [6.45, 7) is 0.462. The number of rotatable bonds is 4. The van der Waals surface area contributed by atoms with Gasteiger partial charge in [0.15, 0.2) is 0 Å². The van der Waals surface area contributed by atoms with E-state index in [9.17, 15) is 9.90 Å². The third-order valence-corrected chi connectivity index (χ3v) is 1.44. The molecule has 64 valence electrons. The fourth-order valence-corrected chi connectivity index (χ4v) is 0.905. The first-order valence-electron chi connectivity index (χ1n) is 3.73. The fraction of sp³-hybridized carbons (Fsp3) is 0.222. The van der Waals surface area contributed by atoms with Crippen LogP contribution in [0.3, 0.4) is 0 Å². The molecule has 0 aliphatic heterocycles. The summed E-state index contributed by atoms with van der Waals surface area (Å²) in [7, 11) is 0. The molecule has 0 saturated carbocycles. The minimum Gasteiger partial charge on any atom is -0.549 e. The number of aliphatic carboxylic acids is 1. The minimum atomic E-state index is -1.08. The van der Waals surface area contributed by atoms with Gasteiger partial charge in [-0.3, -0.25) is 0 Å². The summed E-state index contributed by atoms with van der Waals surface area (Å²) < 4.78 is 0. The molecule has 1 aromatic carbocycles. The van der Waals surface area contributed by atoms with Crippen LogP contribution in [0.15, 0.2) is 30.3 Å². The molecule has 0 aliphatic carbocycles. The van der Waals surface area contributed by atoms with Crippen molar-refractivity contribution in [2.45, 2.75) is 6.54 Å². The Morgan fingerprint density at radius 3 is 2.58 bits per heavy atom. The van der Waals surface area contributed by atoms with Gasteiger partial charge in [-0.2, -0.15) is 0 Å². The maximum atomic E-state index is 10.0. The monoisotopic (exact) mass is 164 g/mol. The van der Waals surface area contributed by atoms with Gasteiger partial charge in [-0.25, -0.2) is 0 Å². The Bertz CT molecular complexity index is 246. The van der Waals surface area contributed by atoms with Crippen molar-refractivity contribution in [3.63, 3.8) is 0 Å². The minimum absolute atomic E-state index is 0.102. The lowest BCUT2D eigenvalue weighted by atomic mass is 10.2. The molecule has 0 amide bonds. The highest BCUT2D eigenvalue weighted by Gasteiger charge is 1.89. The van der Waals surface area contributed by atoms with E-state index in [4.69, 9.17) is 0 Å². The van der Waals surface area contributed by atoms with Crippen LogP contribution in [0.25, 0.3) is 0 Å². The van der Waals surface area contributed by atoms with Gasteiger partial charge in [0.25, 0.3) is 0 Å². The zero-order valence-electron chi connectivity index (χ0n) is 6.62.